The van der Waals surface area contributed by atoms with E-state index in [4.69, 9.17) is 0 Å². The van der Waals surface area contributed by atoms with Crippen LogP contribution < -0.4 is 4.90 Å². The van der Waals surface area contributed by atoms with Crippen molar-refractivity contribution in [1.29, 1.82) is 0 Å². The van der Waals surface area contributed by atoms with Crippen LogP contribution in [0, 0.1) is 6.92 Å². The van der Waals surface area contributed by atoms with Crippen LogP contribution >= 0.6 is 15.9 Å². The van der Waals surface area contributed by atoms with Crippen molar-refractivity contribution in [1.82, 2.24) is 4.31 Å². The molecule has 6 rings (SSSR count). The molecule has 4 aromatic rings. The first-order chi connectivity index (χ1) is 17.8. The Hall–Kier alpha value is -2.93. The van der Waals surface area contributed by atoms with Gasteiger partial charge in [0.2, 0.25) is 10.0 Å². The Morgan fingerprint density at radius 1 is 0.865 bits per heavy atom. The molecule has 2 aliphatic heterocycles. The van der Waals surface area contributed by atoms with Crippen molar-refractivity contribution in [2.24, 2.45) is 0 Å². The lowest BCUT2D eigenvalue weighted by Crippen LogP contribution is -2.51. The standard InChI is InChI=1S/C31H29BrN2O2S/c1-22-12-18-26(19-13-22)37(35,36)34-21-28(24-14-16-25(32)17-15-24)31(2)27-10-6-7-11-29(27)33(30(31)34)20-23-8-4-3-5-9-23/h3-19,28,30H,20-21H2,1-2H3. The maximum atomic E-state index is 14.3. The lowest BCUT2D eigenvalue weighted by Gasteiger charge is -2.37. The van der Waals surface area contributed by atoms with Gasteiger partial charge in [-0.3, -0.25) is 0 Å². The summed E-state index contributed by atoms with van der Waals surface area (Å²) in [5.41, 5.74) is 5.21. The molecule has 1 saturated heterocycles. The first kappa shape index (κ1) is 24.4. The molecule has 0 aliphatic carbocycles. The minimum atomic E-state index is -3.76. The van der Waals surface area contributed by atoms with Crippen molar-refractivity contribution in [2.45, 2.75) is 42.8 Å². The molecule has 37 heavy (non-hydrogen) atoms. The van der Waals surface area contributed by atoms with Crippen LogP contribution in [0.5, 0.6) is 0 Å². The summed E-state index contributed by atoms with van der Waals surface area (Å²) in [6, 6.07) is 34.3. The van der Waals surface area contributed by atoms with Crippen LogP contribution in [0.15, 0.2) is 112 Å². The van der Waals surface area contributed by atoms with Gasteiger partial charge in [-0.05, 0) is 53.9 Å². The number of hydrogen-bond acceptors (Lipinski definition) is 3. The van der Waals surface area contributed by atoms with E-state index in [-0.39, 0.29) is 12.1 Å². The molecular weight excluding hydrogens is 544 g/mol. The molecule has 0 amide bonds. The van der Waals surface area contributed by atoms with Gasteiger partial charge >= 0.3 is 0 Å². The van der Waals surface area contributed by atoms with E-state index in [1.807, 2.05) is 49.4 Å². The van der Waals surface area contributed by atoms with Crippen molar-refractivity contribution in [3.05, 3.63) is 130 Å². The molecule has 3 unspecified atom stereocenters. The number of benzene rings is 4. The molecule has 4 aromatic carbocycles. The molecule has 0 N–H and O–H groups in total. The highest BCUT2D eigenvalue weighted by Gasteiger charge is 2.62. The van der Waals surface area contributed by atoms with Crippen LogP contribution in [0.25, 0.3) is 0 Å². The summed E-state index contributed by atoms with van der Waals surface area (Å²) in [6.07, 6.45) is -0.356. The fraction of sp³-hybridized carbons (Fsp3) is 0.226. The highest BCUT2D eigenvalue weighted by atomic mass is 79.9. The minimum Gasteiger partial charge on any atom is -0.349 e. The Morgan fingerprint density at radius 3 is 2.22 bits per heavy atom. The van der Waals surface area contributed by atoms with Crippen LogP contribution in [-0.4, -0.2) is 25.4 Å². The predicted molar refractivity (Wildman–Crippen MR) is 152 cm³/mol. The van der Waals surface area contributed by atoms with E-state index >= 15 is 0 Å². The molecule has 3 atom stereocenters. The van der Waals surface area contributed by atoms with Crippen LogP contribution in [0.1, 0.15) is 35.1 Å². The third kappa shape index (κ3) is 3.94. The van der Waals surface area contributed by atoms with Crippen molar-refractivity contribution in [2.75, 3.05) is 11.4 Å². The Bertz CT molecular complexity index is 1540. The van der Waals surface area contributed by atoms with Crippen molar-refractivity contribution in [3.8, 4) is 0 Å². The molecule has 0 spiro atoms. The van der Waals surface area contributed by atoms with Crippen LogP contribution in [-0.2, 0) is 22.0 Å². The number of sulfonamides is 1. The average molecular weight is 574 g/mol. The SMILES string of the molecule is Cc1ccc(S(=O)(=O)N2CC(c3ccc(Br)cc3)C3(C)c4ccccc4N(Cc4ccccc4)C23)cc1. The van der Waals surface area contributed by atoms with Crippen LogP contribution in [0.4, 0.5) is 5.69 Å². The molecule has 0 saturated carbocycles. The maximum absolute atomic E-state index is 14.3. The van der Waals surface area contributed by atoms with Gasteiger partial charge in [0, 0.05) is 34.6 Å². The van der Waals surface area contributed by atoms with Gasteiger partial charge in [-0.25, -0.2) is 8.42 Å². The lowest BCUT2D eigenvalue weighted by molar-refractivity contribution is 0.313. The zero-order chi connectivity index (χ0) is 25.8. The zero-order valence-corrected chi connectivity index (χ0v) is 23.3. The summed E-state index contributed by atoms with van der Waals surface area (Å²) < 4.78 is 31.4. The number of nitrogens with zero attached hydrogens (tertiary/aromatic N) is 2. The number of rotatable bonds is 5. The monoisotopic (exact) mass is 572 g/mol. The molecule has 0 bridgehead atoms. The van der Waals surface area contributed by atoms with E-state index in [1.165, 1.54) is 5.56 Å². The first-order valence-corrected chi connectivity index (χ1v) is 14.8. The average Bonchev–Trinajstić information content (AvgIpc) is 3.35. The maximum Gasteiger partial charge on any atom is 0.244 e. The number of halogens is 1. The normalized spacial score (nSPS) is 23.2. The van der Waals surface area contributed by atoms with Crippen molar-refractivity contribution in [3.63, 3.8) is 0 Å². The van der Waals surface area contributed by atoms with Gasteiger partial charge < -0.3 is 4.90 Å². The van der Waals surface area contributed by atoms with E-state index in [0.29, 0.717) is 18.0 Å². The number of fused-ring (bicyclic) bond motifs is 3. The highest BCUT2D eigenvalue weighted by Crippen LogP contribution is 2.59. The largest absolute Gasteiger partial charge is 0.349 e. The van der Waals surface area contributed by atoms with Crippen molar-refractivity contribution >= 4 is 31.6 Å². The number of anilines is 1. The quantitative estimate of drug-likeness (QED) is 0.262. The summed E-state index contributed by atoms with van der Waals surface area (Å²) in [6.45, 7) is 5.27. The summed E-state index contributed by atoms with van der Waals surface area (Å²) in [7, 11) is -3.76. The molecule has 4 nitrogen and oxygen atoms in total. The first-order valence-electron chi connectivity index (χ1n) is 12.5. The Labute approximate surface area is 227 Å². The molecule has 2 aliphatic rings. The van der Waals surface area contributed by atoms with Crippen LogP contribution in [0.2, 0.25) is 0 Å². The predicted octanol–water partition coefficient (Wildman–Crippen LogP) is 6.85. The van der Waals surface area contributed by atoms with E-state index in [1.54, 1.807) is 16.4 Å². The Balaban J connectivity index is 1.55. The molecule has 6 heteroatoms. The third-order valence-electron chi connectivity index (χ3n) is 8.08. The molecule has 0 aromatic heterocycles. The Morgan fingerprint density at radius 2 is 1.51 bits per heavy atom. The topological polar surface area (TPSA) is 40.6 Å². The van der Waals surface area contributed by atoms with Gasteiger partial charge in [-0.1, -0.05) is 101 Å². The van der Waals surface area contributed by atoms with Gasteiger partial charge in [0.25, 0.3) is 0 Å². The second kappa shape index (κ2) is 9.12. The van der Waals surface area contributed by atoms with Gasteiger partial charge in [0.05, 0.1) is 4.90 Å². The van der Waals surface area contributed by atoms with Gasteiger partial charge in [-0.15, -0.1) is 0 Å². The fourth-order valence-corrected chi connectivity index (χ4v) is 8.20. The number of hydrogen-bond donors (Lipinski definition) is 0. The minimum absolute atomic E-state index is 0.00672. The molecule has 1 fully saturated rings. The summed E-state index contributed by atoms with van der Waals surface area (Å²) in [5.74, 6) is -0.00672. The molecule has 0 radical (unpaired) electrons. The molecule has 2 heterocycles. The third-order valence-corrected chi connectivity index (χ3v) is 10.4. The summed E-state index contributed by atoms with van der Waals surface area (Å²) in [4.78, 5) is 2.64. The van der Waals surface area contributed by atoms with E-state index in [0.717, 1.165) is 26.9 Å². The fourth-order valence-electron chi connectivity index (χ4n) is 6.24. The second-order valence-electron chi connectivity index (χ2n) is 10.3. The Kier molecular flexibility index (Phi) is 6.02. The smallest absolute Gasteiger partial charge is 0.244 e. The van der Waals surface area contributed by atoms with Crippen LogP contribution in [0.3, 0.4) is 0 Å². The zero-order valence-electron chi connectivity index (χ0n) is 20.9. The van der Waals surface area contributed by atoms with Gasteiger partial charge in [0.1, 0.15) is 6.17 Å². The summed E-state index contributed by atoms with van der Waals surface area (Å²) in [5, 5.41) is 0. The van der Waals surface area contributed by atoms with Gasteiger partial charge in [0.15, 0.2) is 0 Å². The van der Waals surface area contributed by atoms with Crippen molar-refractivity contribution < 1.29 is 8.42 Å². The number of aryl methyl sites for hydroxylation is 1. The summed E-state index contributed by atoms with van der Waals surface area (Å²) >= 11 is 3.56. The molecular formula is C31H29BrN2O2S. The van der Waals surface area contributed by atoms with E-state index in [2.05, 4.69) is 76.3 Å². The number of para-hydroxylation sites is 1. The second-order valence-corrected chi connectivity index (χ2v) is 13.1. The highest BCUT2D eigenvalue weighted by molar-refractivity contribution is 9.10. The molecule has 188 valence electrons. The van der Waals surface area contributed by atoms with E-state index in [9.17, 15) is 8.42 Å². The van der Waals surface area contributed by atoms with E-state index < -0.39 is 15.4 Å². The lowest BCUT2D eigenvalue weighted by atomic mass is 9.71. The van der Waals surface area contributed by atoms with Gasteiger partial charge in [-0.2, -0.15) is 4.31 Å².